The maximum atomic E-state index is 11.4. The van der Waals surface area contributed by atoms with Crippen molar-refractivity contribution in [2.45, 2.75) is 12.7 Å². The standard InChI is InChI=1S/C15H17N3O/c16-14(15(17)19)18(13-9-5-2-6-10-13)11-12-7-3-1-4-8-12/h1-10,14H,11,16H2,(H2,17,19). The Kier molecular flexibility index (Phi) is 4.15. The first-order chi connectivity index (χ1) is 9.18. The van der Waals surface area contributed by atoms with E-state index in [1.165, 1.54) is 0 Å². The van der Waals surface area contributed by atoms with Crippen molar-refractivity contribution in [1.82, 2.24) is 0 Å². The Hall–Kier alpha value is -2.33. The highest BCUT2D eigenvalue weighted by atomic mass is 16.1. The smallest absolute Gasteiger partial charge is 0.254 e. The topological polar surface area (TPSA) is 72.3 Å². The molecule has 1 atom stereocenters. The number of primary amides is 1. The first-order valence-corrected chi connectivity index (χ1v) is 6.09. The minimum atomic E-state index is -0.845. The second-order valence-corrected chi connectivity index (χ2v) is 4.30. The summed E-state index contributed by atoms with van der Waals surface area (Å²) in [4.78, 5) is 13.1. The summed E-state index contributed by atoms with van der Waals surface area (Å²) in [6.07, 6.45) is -0.845. The Morgan fingerprint density at radius 1 is 1.00 bits per heavy atom. The van der Waals surface area contributed by atoms with Crippen LogP contribution in [-0.4, -0.2) is 12.1 Å². The predicted octanol–water partition coefficient (Wildman–Crippen LogP) is 1.46. The molecule has 0 aromatic heterocycles. The van der Waals surface area contributed by atoms with Crippen LogP contribution in [0, 0.1) is 0 Å². The molecule has 4 nitrogen and oxygen atoms in total. The van der Waals surface area contributed by atoms with Crippen LogP contribution in [0.1, 0.15) is 5.56 Å². The van der Waals surface area contributed by atoms with Crippen molar-refractivity contribution >= 4 is 11.6 Å². The van der Waals surface area contributed by atoms with Crippen LogP contribution < -0.4 is 16.4 Å². The third-order valence-electron chi connectivity index (χ3n) is 2.91. The fourth-order valence-electron chi connectivity index (χ4n) is 1.90. The summed E-state index contributed by atoms with van der Waals surface area (Å²) in [6, 6.07) is 19.4. The van der Waals surface area contributed by atoms with Gasteiger partial charge < -0.3 is 16.4 Å². The van der Waals surface area contributed by atoms with E-state index in [-0.39, 0.29) is 0 Å². The minimum absolute atomic E-state index is 0.537. The number of nitrogens with two attached hydrogens (primary N) is 2. The highest BCUT2D eigenvalue weighted by molar-refractivity contribution is 5.82. The molecule has 0 bridgehead atoms. The van der Waals surface area contributed by atoms with E-state index < -0.39 is 12.1 Å². The number of hydrogen-bond acceptors (Lipinski definition) is 3. The molecule has 0 aliphatic carbocycles. The molecule has 0 saturated heterocycles. The van der Waals surface area contributed by atoms with Gasteiger partial charge in [0.15, 0.2) is 6.17 Å². The molecule has 0 fully saturated rings. The summed E-state index contributed by atoms with van der Waals surface area (Å²) in [5.41, 5.74) is 13.2. The average Bonchev–Trinajstić information content (AvgIpc) is 2.46. The normalized spacial score (nSPS) is 11.8. The molecule has 1 unspecified atom stereocenters. The highest BCUT2D eigenvalue weighted by Gasteiger charge is 2.19. The van der Waals surface area contributed by atoms with Crippen molar-refractivity contribution in [3.63, 3.8) is 0 Å². The van der Waals surface area contributed by atoms with Crippen LogP contribution in [0.3, 0.4) is 0 Å². The Morgan fingerprint density at radius 2 is 1.53 bits per heavy atom. The fraction of sp³-hybridized carbons (Fsp3) is 0.133. The number of amides is 1. The molecule has 1 amide bonds. The maximum absolute atomic E-state index is 11.4. The van der Waals surface area contributed by atoms with Gasteiger partial charge in [-0.1, -0.05) is 48.5 Å². The van der Waals surface area contributed by atoms with Crippen LogP contribution >= 0.6 is 0 Å². The molecule has 0 saturated carbocycles. The van der Waals surface area contributed by atoms with Crippen molar-refractivity contribution in [3.05, 3.63) is 66.2 Å². The molecule has 0 spiro atoms. The Bertz CT molecular complexity index is 528. The monoisotopic (exact) mass is 255 g/mol. The summed E-state index contributed by atoms with van der Waals surface area (Å²) in [5.74, 6) is -0.542. The summed E-state index contributed by atoms with van der Waals surface area (Å²) < 4.78 is 0. The van der Waals surface area contributed by atoms with Gasteiger partial charge in [-0.05, 0) is 17.7 Å². The van der Waals surface area contributed by atoms with E-state index in [4.69, 9.17) is 11.5 Å². The molecular formula is C15H17N3O. The minimum Gasteiger partial charge on any atom is -0.367 e. The lowest BCUT2D eigenvalue weighted by molar-refractivity contribution is -0.119. The molecule has 4 heteroatoms. The number of carbonyl (C=O) groups excluding carboxylic acids is 1. The molecule has 0 aliphatic rings. The molecule has 2 rings (SSSR count). The quantitative estimate of drug-likeness (QED) is 0.794. The zero-order valence-electron chi connectivity index (χ0n) is 10.6. The zero-order chi connectivity index (χ0) is 13.7. The SMILES string of the molecule is NC(=O)C(N)N(Cc1ccccc1)c1ccccc1. The predicted molar refractivity (Wildman–Crippen MR) is 76.2 cm³/mol. The Labute approximate surface area is 112 Å². The van der Waals surface area contributed by atoms with Crippen LogP contribution in [0.2, 0.25) is 0 Å². The van der Waals surface area contributed by atoms with E-state index >= 15 is 0 Å². The summed E-state index contributed by atoms with van der Waals surface area (Å²) in [6.45, 7) is 0.537. The van der Waals surface area contributed by atoms with Crippen LogP contribution in [-0.2, 0) is 11.3 Å². The van der Waals surface area contributed by atoms with Crippen LogP contribution in [0.5, 0.6) is 0 Å². The third-order valence-corrected chi connectivity index (χ3v) is 2.91. The van der Waals surface area contributed by atoms with E-state index in [0.717, 1.165) is 11.3 Å². The van der Waals surface area contributed by atoms with Crippen molar-refractivity contribution in [2.75, 3.05) is 4.90 Å². The fourth-order valence-corrected chi connectivity index (χ4v) is 1.90. The lowest BCUT2D eigenvalue weighted by Gasteiger charge is -2.29. The van der Waals surface area contributed by atoms with Crippen molar-refractivity contribution < 1.29 is 4.79 Å². The molecule has 0 heterocycles. The van der Waals surface area contributed by atoms with Gasteiger partial charge in [-0.15, -0.1) is 0 Å². The summed E-state index contributed by atoms with van der Waals surface area (Å²) in [7, 11) is 0. The van der Waals surface area contributed by atoms with Gasteiger partial charge in [0.1, 0.15) is 0 Å². The van der Waals surface area contributed by atoms with Crippen molar-refractivity contribution in [1.29, 1.82) is 0 Å². The van der Waals surface area contributed by atoms with Gasteiger partial charge in [0.25, 0.3) is 5.91 Å². The molecule has 2 aromatic rings. The van der Waals surface area contributed by atoms with Gasteiger partial charge in [0, 0.05) is 12.2 Å². The maximum Gasteiger partial charge on any atom is 0.254 e. The van der Waals surface area contributed by atoms with Gasteiger partial charge in [0.05, 0.1) is 0 Å². The van der Waals surface area contributed by atoms with Gasteiger partial charge in [0.2, 0.25) is 0 Å². The zero-order valence-corrected chi connectivity index (χ0v) is 10.6. The second-order valence-electron chi connectivity index (χ2n) is 4.30. The summed E-state index contributed by atoms with van der Waals surface area (Å²) in [5, 5.41) is 0. The molecule has 2 aromatic carbocycles. The third kappa shape index (κ3) is 3.33. The first kappa shape index (κ1) is 13.1. The lowest BCUT2D eigenvalue weighted by Crippen LogP contribution is -2.50. The number of hydrogen-bond donors (Lipinski definition) is 2. The largest absolute Gasteiger partial charge is 0.367 e. The van der Waals surface area contributed by atoms with E-state index in [1.807, 2.05) is 60.7 Å². The van der Waals surface area contributed by atoms with Gasteiger partial charge >= 0.3 is 0 Å². The van der Waals surface area contributed by atoms with Crippen LogP contribution in [0.25, 0.3) is 0 Å². The average molecular weight is 255 g/mol. The highest BCUT2D eigenvalue weighted by Crippen LogP contribution is 2.18. The molecule has 19 heavy (non-hydrogen) atoms. The van der Waals surface area contributed by atoms with Crippen molar-refractivity contribution in [2.24, 2.45) is 11.5 Å². The van der Waals surface area contributed by atoms with E-state index in [1.54, 1.807) is 4.90 Å². The molecular weight excluding hydrogens is 238 g/mol. The Morgan fingerprint density at radius 3 is 2.05 bits per heavy atom. The van der Waals surface area contributed by atoms with Gasteiger partial charge in [-0.3, -0.25) is 4.79 Å². The number of nitrogens with zero attached hydrogens (tertiary/aromatic N) is 1. The molecule has 0 radical (unpaired) electrons. The van der Waals surface area contributed by atoms with Crippen LogP contribution in [0.15, 0.2) is 60.7 Å². The number of carbonyl (C=O) groups is 1. The van der Waals surface area contributed by atoms with E-state index in [0.29, 0.717) is 6.54 Å². The van der Waals surface area contributed by atoms with Crippen LogP contribution in [0.4, 0.5) is 5.69 Å². The Balaban J connectivity index is 2.27. The van der Waals surface area contributed by atoms with Gasteiger partial charge in [-0.25, -0.2) is 0 Å². The lowest BCUT2D eigenvalue weighted by atomic mass is 10.2. The number of rotatable bonds is 5. The van der Waals surface area contributed by atoms with Crippen molar-refractivity contribution in [3.8, 4) is 0 Å². The van der Waals surface area contributed by atoms with Gasteiger partial charge in [-0.2, -0.15) is 0 Å². The molecule has 0 aliphatic heterocycles. The molecule has 98 valence electrons. The van der Waals surface area contributed by atoms with E-state index in [9.17, 15) is 4.79 Å². The second kappa shape index (κ2) is 6.02. The number of anilines is 1. The number of benzene rings is 2. The van der Waals surface area contributed by atoms with E-state index in [2.05, 4.69) is 0 Å². The first-order valence-electron chi connectivity index (χ1n) is 6.09. The summed E-state index contributed by atoms with van der Waals surface area (Å²) >= 11 is 0. The molecule has 4 N–H and O–H groups in total. The number of para-hydroxylation sites is 1.